The molecular weight excluding hydrogens is 402 g/mol. The lowest BCUT2D eigenvalue weighted by molar-refractivity contribution is 0.0670. The predicted octanol–water partition coefficient (Wildman–Crippen LogP) is 5.66. The highest BCUT2D eigenvalue weighted by atomic mass is 16.5. The van der Waals surface area contributed by atoms with Crippen molar-refractivity contribution in [1.29, 1.82) is 0 Å². The third-order valence-electron chi connectivity index (χ3n) is 6.13. The minimum Gasteiger partial charge on any atom is -0.497 e. The SMILES string of the molecule is COc1ccc(-c2cc([C@H]3CCCCCN3C(=O)c3nccc4ccccc34)no2)cc1. The van der Waals surface area contributed by atoms with Crippen molar-refractivity contribution in [3.05, 3.63) is 78.2 Å². The number of ether oxygens (including phenoxy) is 1. The molecule has 1 amide bonds. The summed E-state index contributed by atoms with van der Waals surface area (Å²) in [5.74, 6) is 1.42. The van der Waals surface area contributed by atoms with E-state index in [9.17, 15) is 4.79 Å². The van der Waals surface area contributed by atoms with Gasteiger partial charge in [-0.3, -0.25) is 9.78 Å². The van der Waals surface area contributed by atoms with Crippen LogP contribution in [0.25, 0.3) is 22.1 Å². The number of hydrogen-bond donors (Lipinski definition) is 0. The van der Waals surface area contributed by atoms with Crippen LogP contribution in [-0.2, 0) is 0 Å². The van der Waals surface area contributed by atoms with Crippen LogP contribution in [0.1, 0.15) is 47.9 Å². The van der Waals surface area contributed by atoms with Gasteiger partial charge in [-0.1, -0.05) is 42.3 Å². The van der Waals surface area contributed by atoms with Crippen LogP contribution in [0.15, 0.2) is 71.4 Å². The van der Waals surface area contributed by atoms with E-state index in [4.69, 9.17) is 9.26 Å². The van der Waals surface area contributed by atoms with Crippen molar-refractivity contribution in [1.82, 2.24) is 15.0 Å². The van der Waals surface area contributed by atoms with Crippen LogP contribution in [0, 0.1) is 0 Å². The molecule has 5 rings (SSSR count). The number of benzene rings is 2. The fraction of sp³-hybridized carbons (Fsp3) is 0.269. The summed E-state index contributed by atoms with van der Waals surface area (Å²) in [4.78, 5) is 20.1. The Bertz CT molecular complexity index is 1230. The minimum absolute atomic E-state index is 0.0531. The molecule has 0 unspecified atom stereocenters. The first-order valence-electron chi connectivity index (χ1n) is 11.0. The van der Waals surface area contributed by atoms with E-state index in [1.54, 1.807) is 13.3 Å². The zero-order valence-electron chi connectivity index (χ0n) is 18.0. The summed E-state index contributed by atoms with van der Waals surface area (Å²) in [6, 6.07) is 19.3. The number of rotatable bonds is 4. The molecular formula is C26H25N3O3. The Hall–Kier alpha value is -3.67. The molecule has 2 aromatic heterocycles. The maximum Gasteiger partial charge on any atom is 0.273 e. The highest BCUT2D eigenvalue weighted by molar-refractivity contribution is 6.05. The molecule has 0 spiro atoms. The molecule has 0 radical (unpaired) electrons. The maximum atomic E-state index is 13.7. The first kappa shape index (κ1) is 20.2. The van der Waals surface area contributed by atoms with Crippen molar-refractivity contribution < 1.29 is 14.1 Å². The number of amides is 1. The summed E-state index contributed by atoms with van der Waals surface area (Å²) in [5.41, 5.74) is 2.20. The molecule has 1 aliphatic rings. The Morgan fingerprint density at radius 1 is 1.06 bits per heavy atom. The van der Waals surface area contributed by atoms with Gasteiger partial charge in [-0.2, -0.15) is 0 Å². The fourth-order valence-electron chi connectivity index (χ4n) is 4.42. The summed E-state index contributed by atoms with van der Waals surface area (Å²) in [7, 11) is 1.64. The maximum absolute atomic E-state index is 13.7. The topological polar surface area (TPSA) is 68.5 Å². The second kappa shape index (κ2) is 8.83. The Kier molecular flexibility index (Phi) is 5.58. The Morgan fingerprint density at radius 2 is 1.91 bits per heavy atom. The molecule has 0 N–H and O–H groups in total. The highest BCUT2D eigenvalue weighted by Crippen LogP contribution is 2.34. The number of likely N-dealkylation sites (tertiary alicyclic amines) is 1. The van der Waals surface area contributed by atoms with E-state index in [1.807, 2.05) is 65.6 Å². The van der Waals surface area contributed by atoms with Crippen molar-refractivity contribution in [3.63, 3.8) is 0 Å². The number of fused-ring (bicyclic) bond motifs is 1. The average Bonchev–Trinajstić information content (AvgIpc) is 3.21. The molecule has 1 aliphatic heterocycles. The molecule has 2 aromatic carbocycles. The van der Waals surface area contributed by atoms with E-state index in [1.165, 1.54) is 0 Å². The zero-order valence-corrected chi connectivity index (χ0v) is 18.0. The van der Waals surface area contributed by atoms with Gasteiger partial charge in [0.1, 0.15) is 17.1 Å². The summed E-state index contributed by atoms with van der Waals surface area (Å²) in [6.45, 7) is 0.680. The van der Waals surface area contributed by atoms with Crippen molar-refractivity contribution in [2.75, 3.05) is 13.7 Å². The molecule has 1 saturated heterocycles. The third-order valence-corrected chi connectivity index (χ3v) is 6.13. The first-order chi connectivity index (χ1) is 15.7. The molecule has 1 fully saturated rings. The summed E-state index contributed by atoms with van der Waals surface area (Å²) < 4.78 is 10.9. The molecule has 0 bridgehead atoms. The Balaban J connectivity index is 1.48. The normalized spacial score (nSPS) is 16.7. The molecule has 162 valence electrons. The number of hydrogen-bond acceptors (Lipinski definition) is 5. The van der Waals surface area contributed by atoms with E-state index < -0.39 is 0 Å². The van der Waals surface area contributed by atoms with Crippen LogP contribution in [0.4, 0.5) is 0 Å². The third kappa shape index (κ3) is 3.84. The number of nitrogens with zero attached hydrogens (tertiary/aromatic N) is 3. The van der Waals surface area contributed by atoms with Gasteiger partial charge in [0.2, 0.25) is 0 Å². The summed E-state index contributed by atoms with van der Waals surface area (Å²) in [5, 5.41) is 6.26. The lowest BCUT2D eigenvalue weighted by Crippen LogP contribution is -2.35. The van der Waals surface area contributed by atoms with Gasteiger partial charge < -0.3 is 14.2 Å². The lowest BCUT2D eigenvalue weighted by Gasteiger charge is -2.28. The Morgan fingerprint density at radius 3 is 2.75 bits per heavy atom. The van der Waals surface area contributed by atoms with Gasteiger partial charge >= 0.3 is 0 Å². The molecule has 0 aliphatic carbocycles. The van der Waals surface area contributed by atoms with E-state index >= 15 is 0 Å². The molecule has 1 atom stereocenters. The molecule has 3 heterocycles. The number of carbonyl (C=O) groups is 1. The van der Waals surface area contributed by atoms with Crippen LogP contribution in [0.3, 0.4) is 0 Å². The van der Waals surface area contributed by atoms with Gasteiger partial charge in [0.25, 0.3) is 5.91 Å². The van der Waals surface area contributed by atoms with Gasteiger partial charge in [-0.15, -0.1) is 0 Å². The second-order valence-electron chi connectivity index (χ2n) is 8.09. The molecule has 6 nitrogen and oxygen atoms in total. The standard InChI is InChI=1S/C26H25N3O3/c1-31-20-12-10-19(11-13-20)24-17-22(28-32-24)23-9-3-2-6-16-29(23)26(30)25-21-8-5-4-7-18(21)14-15-27-25/h4-5,7-8,10-15,17,23H,2-3,6,9,16H2,1H3/t23-/m1/s1. The van der Waals surface area contributed by atoms with E-state index in [0.29, 0.717) is 18.0 Å². The predicted molar refractivity (Wildman–Crippen MR) is 122 cm³/mol. The van der Waals surface area contributed by atoms with E-state index in [-0.39, 0.29) is 11.9 Å². The second-order valence-corrected chi connectivity index (χ2v) is 8.09. The van der Waals surface area contributed by atoms with E-state index in [2.05, 4.69) is 10.1 Å². The quantitative estimate of drug-likeness (QED) is 0.421. The van der Waals surface area contributed by atoms with Crippen LogP contribution in [0.2, 0.25) is 0 Å². The summed E-state index contributed by atoms with van der Waals surface area (Å²) >= 11 is 0. The molecule has 0 saturated carbocycles. The van der Waals surface area contributed by atoms with Crippen molar-refractivity contribution in [2.24, 2.45) is 0 Å². The number of methoxy groups -OCH3 is 1. The Labute approximate surface area is 186 Å². The zero-order chi connectivity index (χ0) is 21.9. The van der Waals surface area contributed by atoms with E-state index in [0.717, 1.165) is 53.5 Å². The van der Waals surface area contributed by atoms with Gasteiger partial charge in [0.15, 0.2) is 5.76 Å². The van der Waals surface area contributed by atoms with Crippen molar-refractivity contribution >= 4 is 16.7 Å². The minimum atomic E-state index is -0.137. The first-order valence-corrected chi connectivity index (χ1v) is 11.0. The molecule has 32 heavy (non-hydrogen) atoms. The van der Waals surface area contributed by atoms with Gasteiger partial charge in [-0.25, -0.2) is 0 Å². The van der Waals surface area contributed by atoms with Crippen LogP contribution < -0.4 is 4.74 Å². The highest BCUT2D eigenvalue weighted by Gasteiger charge is 2.31. The summed E-state index contributed by atoms with van der Waals surface area (Å²) in [6.07, 6.45) is 5.66. The average molecular weight is 428 g/mol. The van der Waals surface area contributed by atoms with Gasteiger partial charge in [0, 0.05) is 29.8 Å². The van der Waals surface area contributed by atoms with Crippen molar-refractivity contribution in [3.8, 4) is 17.1 Å². The van der Waals surface area contributed by atoms with Gasteiger partial charge in [-0.05, 0) is 48.6 Å². The number of pyridine rings is 1. The van der Waals surface area contributed by atoms with Crippen molar-refractivity contribution in [2.45, 2.75) is 31.7 Å². The lowest BCUT2D eigenvalue weighted by atomic mass is 10.0. The fourth-order valence-corrected chi connectivity index (χ4v) is 4.42. The molecule has 6 heteroatoms. The number of carbonyl (C=O) groups excluding carboxylic acids is 1. The largest absolute Gasteiger partial charge is 0.497 e. The van der Waals surface area contributed by atoms with Crippen LogP contribution >= 0.6 is 0 Å². The monoisotopic (exact) mass is 427 g/mol. The molecule has 4 aromatic rings. The number of aromatic nitrogens is 2. The van der Waals surface area contributed by atoms with Gasteiger partial charge in [0.05, 0.1) is 13.2 Å². The van der Waals surface area contributed by atoms with Crippen LogP contribution in [-0.4, -0.2) is 34.6 Å². The smallest absolute Gasteiger partial charge is 0.273 e. The van der Waals surface area contributed by atoms with Crippen LogP contribution in [0.5, 0.6) is 5.75 Å².